The van der Waals surface area contributed by atoms with E-state index in [4.69, 9.17) is 4.52 Å². The zero-order chi connectivity index (χ0) is 16.3. The van der Waals surface area contributed by atoms with Crippen molar-refractivity contribution >= 4 is 11.8 Å². The summed E-state index contributed by atoms with van der Waals surface area (Å²) in [6.07, 6.45) is 0. The Labute approximate surface area is 128 Å². The lowest BCUT2D eigenvalue weighted by atomic mass is 10.2. The van der Waals surface area contributed by atoms with E-state index in [1.54, 1.807) is 0 Å². The summed E-state index contributed by atoms with van der Waals surface area (Å²) in [5.41, 5.74) is 2.28. The van der Waals surface area contributed by atoms with Crippen LogP contribution in [0.2, 0.25) is 0 Å². The molecule has 0 saturated heterocycles. The summed E-state index contributed by atoms with van der Waals surface area (Å²) in [6.45, 7) is 7.81. The molecular weight excluding hydrogens is 284 g/mol. The van der Waals surface area contributed by atoms with Gasteiger partial charge in [-0.15, -0.1) is 0 Å². The third-order valence-corrected chi connectivity index (χ3v) is 3.30. The Kier molecular flexibility index (Phi) is 4.65. The number of nitrogens with one attached hydrogen (secondary N) is 2. The van der Waals surface area contributed by atoms with Crippen LogP contribution in [0.1, 0.15) is 34.4 Å². The van der Waals surface area contributed by atoms with Gasteiger partial charge >= 0.3 is 0 Å². The maximum atomic E-state index is 12.2. The Morgan fingerprint density at radius 2 is 1.86 bits per heavy atom. The Hall–Kier alpha value is -2.57. The average Bonchev–Trinajstić information content (AvgIpc) is 2.98. The van der Waals surface area contributed by atoms with Crippen LogP contribution in [0.25, 0.3) is 5.82 Å². The van der Waals surface area contributed by atoms with E-state index in [0.717, 1.165) is 11.4 Å². The number of hydrogen-bond acceptors (Lipinski definition) is 4. The summed E-state index contributed by atoms with van der Waals surface area (Å²) in [7, 11) is 0. The minimum atomic E-state index is -0.176. The predicted molar refractivity (Wildman–Crippen MR) is 81.1 cm³/mol. The van der Waals surface area contributed by atoms with Crippen molar-refractivity contribution < 1.29 is 14.1 Å². The van der Waals surface area contributed by atoms with Gasteiger partial charge in [0.25, 0.3) is 5.91 Å². The smallest absolute Gasteiger partial charge is 0.253 e. The lowest BCUT2D eigenvalue weighted by Crippen LogP contribution is -2.33. The Morgan fingerprint density at radius 1 is 1.18 bits per heavy atom. The normalized spacial score (nSPS) is 10.5. The second-order valence-corrected chi connectivity index (χ2v) is 5.15. The van der Waals surface area contributed by atoms with Gasteiger partial charge < -0.3 is 15.2 Å². The quantitative estimate of drug-likeness (QED) is 0.814. The first kappa shape index (κ1) is 15.8. The van der Waals surface area contributed by atoms with Crippen LogP contribution in [0.4, 0.5) is 0 Å². The molecule has 0 fully saturated rings. The highest BCUT2D eigenvalue weighted by molar-refractivity contribution is 5.95. The number of carbonyl (C=O) groups excluding carboxylic acids is 2. The molecule has 2 aromatic heterocycles. The predicted octanol–water partition coefficient (Wildman–Crippen LogP) is 1.26. The van der Waals surface area contributed by atoms with Crippen LogP contribution in [-0.2, 0) is 4.79 Å². The van der Waals surface area contributed by atoms with Crippen molar-refractivity contribution in [3.63, 3.8) is 0 Å². The highest BCUT2D eigenvalue weighted by Crippen LogP contribution is 2.20. The molecule has 0 atom stereocenters. The van der Waals surface area contributed by atoms with Crippen molar-refractivity contribution in [1.82, 2.24) is 20.4 Å². The molecule has 2 rings (SSSR count). The molecule has 0 saturated carbocycles. The third-order valence-electron chi connectivity index (χ3n) is 3.30. The van der Waals surface area contributed by atoms with Crippen LogP contribution in [0, 0.1) is 20.8 Å². The van der Waals surface area contributed by atoms with Crippen molar-refractivity contribution in [2.45, 2.75) is 27.7 Å². The molecule has 2 heterocycles. The summed E-state index contributed by atoms with van der Waals surface area (Å²) in [4.78, 5) is 23.0. The lowest BCUT2D eigenvalue weighted by molar-refractivity contribution is -0.118. The molecular formula is C15H20N4O3. The van der Waals surface area contributed by atoms with Crippen molar-refractivity contribution in [3.05, 3.63) is 34.8 Å². The van der Waals surface area contributed by atoms with Gasteiger partial charge in [-0.2, -0.15) is 0 Å². The van der Waals surface area contributed by atoms with Gasteiger partial charge in [-0.3, -0.25) is 14.2 Å². The molecule has 7 nitrogen and oxygen atoms in total. The summed E-state index contributed by atoms with van der Waals surface area (Å²) in [6, 6.07) is 3.63. The van der Waals surface area contributed by atoms with E-state index in [-0.39, 0.29) is 11.8 Å². The summed E-state index contributed by atoms with van der Waals surface area (Å²) in [5.74, 6) is 1.08. The van der Waals surface area contributed by atoms with Crippen molar-refractivity contribution in [2.75, 3.05) is 13.1 Å². The highest BCUT2D eigenvalue weighted by Gasteiger charge is 2.18. The molecule has 0 aromatic carbocycles. The fraction of sp³-hybridized carbons (Fsp3) is 0.400. The largest absolute Gasteiger partial charge is 0.360 e. The van der Waals surface area contributed by atoms with Crippen molar-refractivity contribution in [3.8, 4) is 5.82 Å². The summed E-state index contributed by atoms with van der Waals surface area (Å²) < 4.78 is 6.96. The molecule has 0 bridgehead atoms. The molecule has 2 aromatic rings. The Balaban J connectivity index is 2.12. The number of aryl methyl sites for hydroxylation is 2. The molecule has 7 heteroatoms. The first-order valence-corrected chi connectivity index (χ1v) is 7.05. The van der Waals surface area contributed by atoms with E-state index >= 15 is 0 Å². The average molecular weight is 304 g/mol. The van der Waals surface area contributed by atoms with Gasteiger partial charge in [0.2, 0.25) is 5.91 Å². The molecule has 2 amide bonds. The van der Waals surface area contributed by atoms with E-state index in [0.29, 0.717) is 30.2 Å². The minimum Gasteiger partial charge on any atom is -0.360 e. The zero-order valence-electron chi connectivity index (χ0n) is 13.2. The fourth-order valence-electron chi connectivity index (χ4n) is 2.31. The third kappa shape index (κ3) is 3.36. The molecule has 22 heavy (non-hydrogen) atoms. The van der Waals surface area contributed by atoms with E-state index in [1.165, 1.54) is 6.92 Å². The van der Waals surface area contributed by atoms with E-state index in [2.05, 4.69) is 15.8 Å². The van der Waals surface area contributed by atoms with Crippen LogP contribution >= 0.6 is 0 Å². The van der Waals surface area contributed by atoms with Crippen molar-refractivity contribution in [1.29, 1.82) is 0 Å². The highest BCUT2D eigenvalue weighted by atomic mass is 16.5. The minimum absolute atomic E-state index is 0.117. The number of hydrogen-bond donors (Lipinski definition) is 2. The SMILES string of the molecule is CC(=O)NCCNC(=O)c1cc(C)n(-c2cc(C)on2)c1C. The second-order valence-electron chi connectivity index (χ2n) is 5.15. The number of amides is 2. The van der Waals surface area contributed by atoms with Crippen LogP contribution in [-0.4, -0.2) is 34.6 Å². The lowest BCUT2D eigenvalue weighted by Gasteiger charge is -2.07. The van der Waals surface area contributed by atoms with Gasteiger partial charge in [0.05, 0.1) is 5.56 Å². The Bertz CT molecular complexity index is 700. The van der Waals surface area contributed by atoms with Crippen LogP contribution < -0.4 is 10.6 Å². The second kappa shape index (κ2) is 6.46. The number of rotatable bonds is 5. The summed E-state index contributed by atoms with van der Waals surface area (Å²) in [5, 5.41) is 9.40. The molecule has 0 aliphatic carbocycles. The summed E-state index contributed by atoms with van der Waals surface area (Å²) >= 11 is 0. The standard InChI is InChI=1S/C15H20N4O3/c1-9-7-13(15(21)17-6-5-16-12(4)20)11(3)19(9)14-8-10(2)22-18-14/h7-8H,5-6H2,1-4H3,(H,16,20)(H,17,21). The zero-order valence-corrected chi connectivity index (χ0v) is 13.2. The van der Waals surface area contributed by atoms with Crippen LogP contribution in [0.15, 0.2) is 16.7 Å². The van der Waals surface area contributed by atoms with Gasteiger partial charge in [0.1, 0.15) is 5.76 Å². The monoisotopic (exact) mass is 304 g/mol. The molecule has 118 valence electrons. The van der Waals surface area contributed by atoms with Gasteiger partial charge in [-0.05, 0) is 26.8 Å². The van der Waals surface area contributed by atoms with Crippen LogP contribution in [0.3, 0.4) is 0 Å². The maximum Gasteiger partial charge on any atom is 0.253 e. The van der Waals surface area contributed by atoms with Crippen molar-refractivity contribution in [2.24, 2.45) is 0 Å². The molecule has 0 radical (unpaired) electrons. The molecule has 0 aliphatic rings. The number of aromatic nitrogens is 2. The molecule has 2 N–H and O–H groups in total. The molecule has 0 unspecified atom stereocenters. The van der Waals surface area contributed by atoms with E-state index < -0.39 is 0 Å². The fourth-order valence-corrected chi connectivity index (χ4v) is 2.31. The van der Waals surface area contributed by atoms with E-state index in [1.807, 2.05) is 37.5 Å². The molecule has 0 aliphatic heterocycles. The first-order chi connectivity index (χ1) is 10.4. The van der Waals surface area contributed by atoms with Gasteiger partial charge in [0, 0.05) is 37.5 Å². The Morgan fingerprint density at radius 3 is 2.45 bits per heavy atom. The van der Waals surface area contributed by atoms with Gasteiger partial charge in [-0.25, -0.2) is 0 Å². The van der Waals surface area contributed by atoms with E-state index in [9.17, 15) is 9.59 Å². The van der Waals surface area contributed by atoms with Gasteiger partial charge in [0.15, 0.2) is 5.82 Å². The molecule has 0 spiro atoms. The maximum absolute atomic E-state index is 12.2. The van der Waals surface area contributed by atoms with Crippen LogP contribution in [0.5, 0.6) is 0 Å². The topological polar surface area (TPSA) is 89.2 Å². The first-order valence-electron chi connectivity index (χ1n) is 7.05. The number of carbonyl (C=O) groups is 2. The van der Waals surface area contributed by atoms with Gasteiger partial charge in [-0.1, -0.05) is 5.16 Å². The number of nitrogens with zero attached hydrogens (tertiary/aromatic N) is 2.